The molecule has 0 aromatic heterocycles. The lowest BCUT2D eigenvalue weighted by molar-refractivity contribution is -0.151. The first-order chi connectivity index (χ1) is 17.1. The number of alkyl carbamates (subject to hydrolysis) is 1. The third-order valence-electron chi connectivity index (χ3n) is 7.43. The van der Waals surface area contributed by atoms with Crippen LogP contribution in [0.2, 0.25) is 0 Å². The van der Waals surface area contributed by atoms with Crippen molar-refractivity contribution in [1.29, 1.82) is 0 Å². The molecule has 3 aromatic rings. The highest BCUT2D eigenvalue weighted by Crippen LogP contribution is 2.44. The summed E-state index contributed by atoms with van der Waals surface area (Å²) in [5.74, 6) is -0.890. The Morgan fingerprint density at radius 2 is 1.46 bits per heavy atom. The fourth-order valence-electron chi connectivity index (χ4n) is 5.34. The Bertz CT molecular complexity index is 1160. The lowest BCUT2D eigenvalue weighted by atomic mass is 9.78. The van der Waals surface area contributed by atoms with Crippen LogP contribution in [0.5, 0.6) is 0 Å². The van der Waals surface area contributed by atoms with Gasteiger partial charge in [-0.25, -0.2) is 4.79 Å². The molecule has 0 saturated carbocycles. The molecule has 0 unspecified atom stereocenters. The molecule has 1 aliphatic heterocycles. The van der Waals surface area contributed by atoms with Crippen LogP contribution in [0.3, 0.4) is 0 Å². The van der Waals surface area contributed by atoms with Gasteiger partial charge < -0.3 is 15.2 Å². The summed E-state index contributed by atoms with van der Waals surface area (Å²) in [5, 5.41) is 12.7. The summed E-state index contributed by atoms with van der Waals surface area (Å²) in [4.78, 5) is 27.1. The summed E-state index contributed by atoms with van der Waals surface area (Å²) in [7, 11) is 0. The van der Waals surface area contributed by atoms with Gasteiger partial charge in [0.25, 0.3) is 0 Å². The van der Waals surface area contributed by atoms with Crippen LogP contribution < -0.4 is 5.32 Å². The molecule has 1 fully saturated rings. The monoisotopic (exact) mass is 470 g/mol. The minimum Gasteiger partial charge on any atom is -0.481 e. The summed E-state index contributed by atoms with van der Waals surface area (Å²) < 4.78 is 5.60. The highest BCUT2D eigenvalue weighted by atomic mass is 16.5. The average molecular weight is 471 g/mol. The minimum atomic E-state index is -0.973. The highest BCUT2D eigenvalue weighted by molar-refractivity contribution is 5.79. The topological polar surface area (TPSA) is 78.9 Å². The molecule has 1 aliphatic carbocycles. The fourth-order valence-corrected chi connectivity index (χ4v) is 5.34. The van der Waals surface area contributed by atoms with Crippen molar-refractivity contribution in [1.82, 2.24) is 10.2 Å². The maximum absolute atomic E-state index is 12.6. The van der Waals surface area contributed by atoms with E-state index in [2.05, 4.69) is 46.6 Å². The van der Waals surface area contributed by atoms with Gasteiger partial charge >= 0.3 is 12.1 Å². The van der Waals surface area contributed by atoms with Crippen molar-refractivity contribution < 1.29 is 19.4 Å². The van der Waals surface area contributed by atoms with Gasteiger partial charge in [0.15, 0.2) is 0 Å². The molecule has 3 aromatic carbocycles. The predicted molar refractivity (Wildman–Crippen MR) is 134 cm³/mol. The second kappa shape index (κ2) is 9.92. The Kier molecular flexibility index (Phi) is 6.55. The van der Waals surface area contributed by atoms with E-state index < -0.39 is 17.5 Å². The molecular weight excluding hydrogens is 440 g/mol. The van der Waals surface area contributed by atoms with Gasteiger partial charge in [-0.2, -0.15) is 0 Å². The fraction of sp³-hybridized carbons (Fsp3) is 0.310. The molecule has 5 rings (SSSR count). The standard InChI is InChI=1S/C29H30N2O4/c32-27(33)29(14-16-31(17-15-29)18-21-8-2-1-3-9-21)20-30-28(34)35-19-26-24-12-6-4-10-22(24)23-11-5-7-13-25(23)26/h1-13,26H,14-20H2,(H,30,34)(H,32,33). The number of amides is 1. The summed E-state index contributed by atoms with van der Waals surface area (Å²) >= 11 is 0. The first-order valence-corrected chi connectivity index (χ1v) is 12.1. The Morgan fingerprint density at radius 1 is 0.886 bits per heavy atom. The van der Waals surface area contributed by atoms with Crippen LogP contribution in [-0.4, -0.2) is 48.3 Å². The van der Waals surface area contributed by atoms with E-state index in [1.54, 1.807) is 0 Å². The number of nitrogens with zero attached hydrogens (tertiary/aromatic N) is 1. The van der Waals surface area contributed by atoms with E-state index in [1.807, 2.05) is 42.5 Å². The normalized spacial score (nSPS) is 16.8. The van der Waals surface area contributed by atoms with Crippen LogP contribution in [0.1, 0.15) is 35.4 Å². The number of carbonyl (C=O) groups excluding carboxylic acids is 1. The molecule has 0 bridgehead atoms. The lowest BCUT2D eigenvalue weighted by Crippen LogP contribution is -2.50. The van der Waals surface area contributed by atoms with Gasteiger partial charge in [-0.3, -0.25) is 9.69 Å². The summed E-state index contributed by atoms with van der Waals surface area (Å²) in [6.45, 7) is 2.43. The average Bonchev–Trinajstić information content (AvgIpc) is 3.21. The minimum absolute atomic E-state index is 0.0252. The van der Waals surface area contributed by atoms with Crippen LogP contribution in [0, 0.1) is 5.41 Å². The molecule has 0 atom stereocenters. The molecule has 0 spiro atoms. The summed E-state index contributed by atoms with van der Waals surface area (Å²) in [6.07, 6.45) is 0.400. The van der Waals surface area contributed by atoms with Crippen molar-refractivity contribution in [2.75, 3.05) is 26.2 Å². The number of hydrogen-bond acceptors (Lipinski definition) is 4. The molecule has 6 heteroatoms. The smallest absolute Gasteiger partial charge is 0.407 e. The zero-order valence-corrected chi connectivity index (χ0v) is 19.7. The number of rotatable bonds is 7. The molecule has 2 N–H and O–H groups in total. The highest BCUT2D eigenvalue weighted by Gasteiger charge is 2.42. The van der Waals surface area contributed by atoms with Gasteiger partial charge in [0.1, 0.15) is 6.61 Å². The van der Waals surface area contributed by atoms with E-state index in [0.29, 0.717) is 25.9 Å². The van der Waals surface area contributed by atoms with Gasteiger partial charge in [0.2, 0.25) is 0 Å². The van der Waals surface area contributed by atoms with Crippen molar-refractivity contribution in [2.24, 2.45) is 5.41 Å². The van der Waals surface area contributed by atoms with Crippen LogP contribution in [-0.2, 0) is 16.1 Å². The van der Waals surface area contributed by atoms with Crippen molar-refractivity contribution in [2.45, 2.75) is 25.3 Å². The number of piperidine rings is 1. The third kappa shape index (κ3) is 4.80. The van der Waals surface area contributed by atoms with Gasteiger partial charge in [0.05, 0.1) is 5.41 Å². The molecule has 1 amide bonds. The molecular formula is C29H30N2O4. The molecule has 6 nitrogen and oxygen atoms in total. The number of carboxylic acids is 1. The van der Waals surface area contributed by atoms with Gasteiger partial charge in [-0.1, -0.05) is 78.9 Å². The Labute approximate surface area is 205 Å². The number of aliphatic carboxylic acids is 1. The zero-order chi connectivity index (χ0) is 24.3. The van der Waals surface area contributed by atoms with Crippen molar-refractivity contribution in [3.05, 3.63) is 95.6 Å². The zero-order valence-electron chi connectivity index (χ0n) is 19.7. The van der Waals surface area contributed by atoms with E-state index in [0.717, 1.165) is 17.7 Å². The van der Waals surface area contributed by atoms with Crippen LogP contribution in [0.15, 0.2) is 78.9 Å². The quantitative estimate of drug-likeness (QED) is 0.514. The van der Waals surface area contributed by atoms with Gasteiger partial charge in [0, 0.05) is 19.0 Å². The first kappa shape index (κ1) is 23.1. The number of hydrogen-bond donors (Lipinski definition) is 2. The lowest BCUT2D eigenvalue weighted by Gasteiger charge is -2.38. The maximum Gasteiger partial charge on any atom is 0.407 e. The van der Waals surface area contributed by atoms with E-state index in [1.165, 1.54) is 16.7 Å². The number of carbonyl (C=O) groups is 2. The Balaban J connectivity index is 1.16. The Hall–Kier alpha value is -3.64. The van der Waals surface area contributed by atoms with E-state index in [-0.39, 0.29) is 19.1 Å². The van der Waals surface area contributed by atoms with E-state index >= 15 is 0 Å². The third-order valence-corrected chi connectivity index (χ3v) is 7.43. The second-order valence-electron chi connectivity index (χ2n) is 9.53. The number of nitrogens with one attached hydrogen (secondary N) is 1. The predicted octanol–water partition coefficient (Wildman–Crippen LogP) is 4.89. The van der Waals surface area contributed by atoms with E-state index in [4.69, 9.17) is 4.74 Å². The number of carboxylic acid groups (broad SMARTS) is 1. The molecule has 0 radical (unpaired) electrons. The Morgan fingerprint density at radius 3 is 2.06 bits per heavy atom. The largest absolute Gasteiger partial charge is 0.481 e. The van der Waals surface area contributed by atoms with Crippen molar-refractivity contribution in [3.63, 3.8) is 0 Å². The van der Waals surface area contributed by atoms with Gasteiger partial charge in [-0.05, 0) is 53.7 Å². The molecule has 1 heterocycles. The molecule has 180 valence electrons. The van der Waals surface area contributed by atoms with Crippen LogP contribution >= 0.6 is 0 Å². The van der Waals surface area contributed by atoms with E-state index in [9.17, 15) is 14.7 Å². The summed E-state index contributed by atoms with van der Waals surface area (Å²) in [6, 6.07) is 26.5. The van der Waals surface area contributed by atoms with Crippen molar-refractivity contribution >= 4 is 12.1 Å². The molecule has 1 saturated heterocycles. The first-order valence-electron chi connectivity index (χ1n) is 12.1. The van der Waals surface area contributed by atoms with Gasteiger partial charge in [-0.15, -0.1) is 0 Å². The SMILES string of the molecule is O=C(NCC1(C(=O)O)CCN(Cc2ccccc2)CC1)OCC1c2ccccc2-c2ccccc21. The number of fused-ring (bicyclic) bond motifs is 3. The van der Waals surface area contributed by atoms with Crippen LogP contribution in [0.4, 0.5) is 4.79 Å². The number of benzene rings is 3. The van der Waals surface area contributed by atoms with Crippen molar-refractivity contribution in [3.8, 4) is 11.1 Å². The molecule has 2 aliphatic rings. The summed E-state index contributed by atoms with van der Waals surface area (Å²) in [5.41, 5.74) is 4.88. The maximum atomic E-state index is 12.6. The van der Waals surface area contributed by atoms with Crippen LogP contribution in [0.25, 0.3) is 11.1 Å². The number of ether oxygens (including phenoxy) is 1. The number of likely N-dealkylation sites (tertiary alicyclic amines) is 1. The molecule has 35 heavy (non-hydrogen) atoms. The second-order valence-corrected chi connectivity index (χ2v) is 9.53.